The molecule has 3 aliphatic rings. The van der Waals surface area contributed by atoms with Crippen molar-refractivity contribution in [3.8, 4) is 11.3 Å². The molecule has 0 bridgehead atoms. The molecule has 31 heavy (non-hydrogen) atoms. The van der Waals surface area contributed by atoms with Gasteiger partial charge in [0.2, 0.25) is 5.91 Å². The summed E-state index contributed by atoms with van der Waals surface area (Å²) in [6, 6.07) is 4.66. The van der Waals surface area contributed by atoms with E-state index in [1.807, 2.05) is 24.5 Å². The van der Waals surface area contributed by atoms with E-state index in [4.69, 9.17) is 0 Å². The summed E-state index contributed by atoms with van der Waals surface area (Å²) in [7, 11) is 0. The Morgan fingerprint density at radius 1 is 0.903 bits per heavy atom. The van der Waals surface area contributed by atoms with Gasteiger partial charge in [-0.3, -0.25) is 24.6 Å². The van der Waals surface area contributed by atoms with E-state index in [0.717, 1.165) is 75.5 Å². The zero-order chi connectivity index (χ0) is 21.0. The lowest BCUT2D eigenvalue weighted by atomic mass is 9.91. The number of carbonyl (C=O) groups excluding carboxylic acids is 1. The van der Waals surface area contributed by atoms with Crippen molar-refractivity contribution in [1.29, 1.82) is 0 Å². The quantitative estimate of drug-likeness (QED) is 0.722. The van der Waals surface area contributed by atoms with Gasteiger partial charge in [0.05, 0.1) is 24.6 Å². The Kier molecular flexibility index (Phi) is 6.08. The van der Waals surface area contributed by atoms with Crippen LogP contribution in [-0.2, 0) is 4.79 Å². The number of piperazine rings is 2. The van der Waals surface area contributed by atoms with Crippen LogP contribution in [0.15, 0.2) is 36.9 Å². The van der Waals surface area contributed by atoms with Crippen LogP contribution in [0.5, 0.6) is 0 Å². The number of hydrogen-bond acceptors (Lipinski definition) is 7. The van der Waals surface area contributed by atoms with Crippen molar-refractivity contribution in [2.45, 2.75) is 25.3 Å². The van der Waals surface area contributed by atoms with Crippen LogP contribution in [0, 0.1) is 0 Å². The molecule has 5 rings (SSSR count). The summed E-state index contributed by atoms with van der Waals surface area (Å²) in [5.41, 5.74) is 1.87. The van der Waals surface area contributed by atoms with Crippen molar-refractivity contribution in [1.82, 2.24) is 29.7 Å². The first-order valence-corrected chi connectivity index (χ1v) is 11.5. The molecule has 164 valence electrons. The molecule has 0 spiro atoms. The number of pyridine rings is 1. The fourth-order valence-corrected chi connectivity index (χ4v) is 4.67. The molecular formula is C23H31N7O. The topological polar surface area (TPSA) is 68.7 Å². The van der Waals surface area contributed by atoms with Crippen LogP contribution in [-0.4, -0.2) is 101 Å². The molecule has 0 aromatic carbocycles. The number of nitrogens with zero attached hydrogens (tertiary/aromatic N) is 7. The zero-order valence-corrected chi connectivity index (χ0v) is 18.1. The van der Waals surface area contributed by atoms with E-state index >= 15 is 0 Å². The molecular weight excluding hydrogens is 390 g/mol. The molecule has 4 heterocycles. The summed E-state index contributed by atoms with van der Waals surface area (Å²) < 4.78 is 0. The molecule has 0 atom stereocenters. The van der Waals surface area contributed by atoms with Crippen LogP contribution in [0.1, 0.15) is 19.3 Å². The van der Waals surface area contributed by atoms with E-state index in [1.165, 1.54) is 19.3 Å². The monoisotopic (exact) mass is 421 g/mol. The van der Waals surface area contributed by atoms with Crippen LogP contribution in [0.3, 0.4) is 0 Å². The fraction of sp³-hybridized carbons (Fsp3) is 0.565. The molecule has 1 amide bonds. The highest BCUT2D eigenvalue weighted by atomic mass is 16.2. The maximum atomic E-state index is 12.8. The highest BCUT2D eigenvalue weighted by Crippen LogP contribution is 2.25. The third-order valence-corrected chi connectivity index (χ3v) is 6.93. The van der Waals surface area contributed by atoms with E-state index in [2.05, 4.69) is 34.6 Å². The normalized spacial score (nSPS) is 21.2. The molecule has 2 aromatic rings. The Balaban J connectivity index is 1.08. The molecule has 2 saturated heterocycles. The lowest BCUT2D eigenvalue weighted by Gasteiger charge is -2.43. The highest BCUT2D eigenvalue weighted by molar-refractivity contribution is 5.78. The first kappa shape index (κ1) is 20.3. The first-order chi connectivity index (χ1) is 15.3. The molecule has 8 nitrogen and oxygen atoms in total. The zero-order valence-electron chi connectivity index (χ0n) is 18.1. The Morgan fingerprint density at radius 2 is 1.65 bits per heavy atom. The largest absolute Gasteiger partial charge is 0.353 e. The number of rotatable bonds is 5. The van der Waals surface area contributed by atoms with Crippen molar-refractivity contribution in [3.05, 3.63) is 36.9 Å². The van der Waals surface area contributed by atoms with Gasteiger partial charge in [-0.05, 0) is 25.0 Å². The Morgan fingerprint density at radius 3 is 2.26 bits per heavy atom. The Hall–Kier alpha value is -2.58. The van der Waals surface area contributed by atoms with E-state index in [9.17, 15) is 4.79 Å². The number of anilines is 1. The molecule has 1 saturated carbocycles. The van der Waals surface area contributed by atoms with Gasteiger partial charge in [-0.2, -0.15) is 0 Å². The molecule has 0 radical (unpaired) electrons. The van der Waals surface area contributed by atoms with Crippen LogP contribution in [0.2, 0.25) is 0 Å². The van der Waals surface area contributed by atoms with Gasteiger partial charge < -0.3 is 9.80 Å². The van der Waals surface area contributed by atoms with Crippen LogP contribution < -0.4 is 4.90 Å². The van der Waals surface area contributed by atoms with Gasteiger partial charge >= 0.3 is 0 Å². The van der Waals surface area contributed by atoms with Crippen molar-refractivity contribution in [2.75, 3.05) is 63.8 Å². The minimum Gasteiger partial charge on any atom is -0.353 e. The molecule has 2 aliphatic heterocycles. The molecule has 2 aromatic heterocycles. The maximum absolute atomic E-state index is 12.8. The average molecular weight is 422 g/mol. The van der Waals surface area contributed by atoms with Crippen molar-refractivity contribution in [2.24, 2.45) is 0 Å². The predicted octanol–water partition coefficient (Wildman–Crippen LogP) is 1.36. The second-order valence-corrected chi connectivity index (χ2v) is 8.76. The van der Waals surface area contributed by atoms with Gasteiger partial charge in [0, 0.05) is 76.4 Å². The van der Waals surface area contributed by atoms with Gasteiger partial charge in [0.15, 0.2) is 0 Å². The van der Waals surface area contributed by atoms with Gasteiger partial charge in [-0.15, -0.1) is 0 Å². The fourth-order valence-electron chi connectivity index (χ4n) is 4.67. The molecule has 8 heteroatoms. The van der Waals surface area contributed by atoms with E-state index in [1.54, 1.807) is 12.4 Å². The first-order valence-electron chi connectivity index (χ1n) is 11.5. The SMILES string of the molecule is O=C(CN1CCN(c2cnc(-c3ccncc3)cn2)CC1)N1CCN(C2CCC2)CC1. The third kappa shape index (κ3) is 4.70. The standard InChI is InChI=1S/C23H31N7O/c31-23(30-14-12-28(13-15-30)20-2-1-3-20)18-27-8-10-29(11-9-27)22-17-25-21(16-26-22)19-4-6-24-7-5-19/h4-7,16-17,20H,1-3,8-15,18H2. The lowest BCUT2D eigenvalue weighted by Crippen LogP contribution is -2.56. The molecule has 0 N–H and O–H groups in total. The Bertz CT molecular complexity index is 855. The second-order valence-electron chi connectivity index (χ2n) is 8.76. The average Bonchev–Trinajstić information content (AvgIpc) is 2.80. The van der Waals surface area contributed by atoms with Crippen molar-refractivity contribution >= 4 is 11.7 Å². The van der Waals surface area contributed by atoms with Gasteiger partial charge in [-0.1, -0.05) is 6.42 Å². The number of amides is 1. The summed E-state index contributed by atoms with van der Waals surface area (Å²) in [6.45, 7) is 7.87. The molecule has 0 unspecified atom stereocenters. The second kappa shape index (κ2) is 9.28. The summed E-state index contributed by atoms with van der Waals surface area (Å²) in [6.07, 6.45) is 11.3. The summed E-state index contributed by atoms with van der Waals surface area (Å²) in [5, 5.41) is 0. The van der Waals surface area contributed by atoms with E-state index < -0.39 is 0 Å². The minimum atomic E-state index is 0.281. The van der Waals surface area contributed by atoms with Crippen LogP contribution in [0.4, 0.5) is 5.82 Å². The summed E-state index contributed by atoms with van der Waals surface area (Å²) in [4.78, 5) is 35.2. The van der Waals surface area contributed by atoms with Gasteiger partial charge in [0.25, 0.3) is 0 Å². The Labute approximate surface area is 183 Å². The smallest absolute Gasteiger partial charge is 0.236 e. The molecule has 3 fully saturated rings. The van der Waals surface area contributed by atoms with Crippen LogP contribution >= 0.6 is 0 Å². The van der Waals surface area contributed by atoms with Gasteiger partial charge in [-0.25, -0.2) is 4.98 Å². The van der Waals surface area contributed by atoms with Crippen molar-refractivity contribution < 1.29 is 4.79 Å². The number of carbonyl (C=O) groups is 1. The minimum absolute atomic E-state index is 0.281. The van der Waals surface area contributed by atoms with E-state index in [0.29, 0.717) is 6.54 Å². The summed E-state index contributed by atoms with van der Waals surface area (Å²) >= 11 is 0. The van der Waals surface area contributed by atoms with Crippen molar-refractivity contribution in [3.63, 3.8) is 0 Å². The van der Waals surface area contributed by atoms with Gasteiger partial charge in [0.1, 0.15) is 5.82 Å². The third-order valence-electron chi connectivity index (χ3n) is 6.93. The lowest BCUT2D eigenvalue weighted by molar-refractivity contribution is -0.134. The maximum Gasteiger partial charge on any atom is 0.236 e. The van der Waals surface area contributed by atoms with E-state index in [-0.39, 0.29) is 5.91 Å². The summed E-state index contributed by atoms with van der Waals surface area (Å²) in [5.74, 6) is 1.18. The number of aromatic nitrogens is 3. The highest BCUT2D eigenvalue weighted by Gasteiger charge is 2.30. The number of hydrogen-bond donors (Lipinski definition) is 0. The molecule has 1 aliphatic carbocycles. The predicted molar refractivity (Wildman–Crippen MR) is 120 cm³/mol. The van der Waals surface area contributed by atoms with Crippen LogP contribution in [0.25, 0.3) is 11.3 Å².